The number of aliphatic carboxylic acids is 1. The molecular formula is C6H11NO4S. The predicted octanol–water partition coefficient (Wildman–Crippen LogP) is -0.879. The molecule has 0 amide bonds. The van der Waals surface area contributed by atoms with E-state index in [1.54, 1.807) is 0 Å². The Kier molecular flexibility index (Phi) is 5.31. The van der Waals surface area contributed by atoms with Gasteiger partial charge in [0, 0.05) is 0 Å². The maximum absolute atomic E-state index is 10.4. The van der Waals surface area contributed by atoms with E-state index in [0.717, 1.165) is 11.8 Å². The molecule has 70 valence electrons. The van der Waals surface area contributed by atoms with Crippen LogP contribution in [0.1, 0.15) is 13.3 Å². The lowest BCUT2D eigenvalue weighted by Crippen LogP contribution is -2.38. The first-order valence-corrected chi connectivity index (χ1v) is 4.61. The van der Waals surface area contributed by atoms with Gasteiger partial charge in [0.1, 0.15) is 6.04 Å². The van der Waals surface area contributed by atoms with Gasteiger partial charge in [-0.1, -0.05) is 6.92 Å². The SMILES string of the molecule is CCCN[C@@H](C=S(=O)=O)C(=O)O. The minimum atomic E-state index is -2.44. The molecule has 0 saturated carbocycles. The lowest BCUT2D eigenvalue weighted by atomic mass is 10.3. The molecule has 0 fully saturated rings. The van der Waals surface area contributed by atoms with Gasteiger partial charge in [0.2, 0.25) is 10.3 Å². The Hall–Kier alpha value is -0.880. The van der Waals surface area contributed by atoms with Gasteiger partial charge in [0.15, 0.2) is 0 Å². The van der Waals surface area contributed by atoms with Crippen LogP contribution in [-0.4, -0.2) is 37.4 Å². The van der Waals surface area contributed by atoms with Crippen LogP contribution in [0.15, 0.2) is 0 Å². The molecule has 2 N–H and O–H groups in total. The third-order valence-corrected chi connectivity index (χ3v) is 1.62. The van der Waals surface area contributed by atoms with Crippen molar-refractivity contribution in [2.45, 2.75) is 19.4 Å². The molecule has 0 unspecified atom stereocenters. The van der Waals surface area contributed by atoms with Crippen molar-refractivity contribution in [2.24, 2.45) is 0 Å². The maximum atomic E-state index is 10.4. The Morgan fingerprint density at radius 3 is 2.58 bits per heavy atom. The molecular weight excluding hydrogens is 182 g/mol. The largest absolute Gasteiger partial charge is 0.480 e. The van der Waals surface area contributed by atoms with Crippen molar-refractivity contribution in [2.75, 3.05) is 6.54 Å². The average Bonchev–Trinajstić information content (AvgIpc) is 1.96. The van der Waals surface area contributed by atoms with Crippen LogP contribution in [0.2, 0.25) is 0 Å². The smallest absolute Gasteiger partial charge is 0.325 e. The molecule has 0 aromatic heterocycles. The zero-order valence-corrected chi connectivity index (χ0v) is 7.47. The zero-order chi connectivity index (χ0) is 9.56. The normalized spacial score (nSPS) is 12.1. The third-order valence-electron chi connectivity index (χ3n) is 1.13. The van der Waals surface area contributed by atoms with Crippen molar-refractivity contribution in [1.29, 1.82) is 0 Å². The van der Waals surface area contributed by atoms with Crippen LogP contribution in [0.4, 0.5) is 0 Å². The van der Waals surface area contributed by atoms with Gasteiger partial charge in [-0.3, -0.25) is 4.79 Å². The van der Waals surface area contributed by atoms with Crippen LogP contribution in [-0.2, 0) is 15.1 Å². The van der Waals surface area contributed by atoms with Crippen LogP contribution < -0.4 is 5.32 Å². The Morgan fingerprint density at radius 1 is 1.67 bits per heavy atom. The topological polar surface area (TPSA) is 83.5 Å². The van der Waals surface area contributed by atoms with Gasteiger partial charge < -0.3 is 10.4 Å². The number of hydrogen-bond acceptors (Lipinski definition) is 4. The highest BCUT2D eigenvalue weighted by Gasteiger charge is 2.12. The fourth-order valence-electron chi connectivity index (χ4n) is 0.605. The number of carboxylic acids is 1. The van der Waals surface area contributed by atoms with E-state index in [9.17, 15) is 13.2 Å². The summed E-state index contributed by atoms with van der Waals surface area (Å²) in [5.74, 6) is -1.19. The van der Waals surface area contributed by atoms with E-state index in [0.29, 0.717) is 6.54 Å². The van der Waals surface area contributed by atoms with Gasteiger partial charge >= 0.3 is 5.97 Å². The molecule has 0 aromatic rings. The molecule has 0 spiro atoms. The highest BCUT2D eigenvalue weighted by Crippen LogP contribution is 1.80. The summed E-state index contributed by atoms with van der Waals surface area (Å²) in [6.07, 6.45) is 0.753. The maximum Gasteiger partial charge on any atom is 0.325 e. The van der Waals surface area contributed by atoms with E-state index < -0.39 is 22.3 Å². The van der Waals surface area contributed by atoms with Gasteiger partial charge in [-0.15, -0.1) is 0 Å². The third kappa shape index (κ3) is 4.86. The van der Waals surface area contributed by atoms with Crippen LogP contribution in [0, 0.1) is 0 Å². The van der Waals surface area contributed by atoms with Gasteiger partial charge in [-0.05, 0) is 13.0 Å². The Balaban J connectivity index is 4.25. The molecule has 0 aliphatic carbocycles. The van der Waals surface area contributed by atoms with Gasteiger partial charge in [-0.2, -0.15) is 8.42 Å². The summed E-state index contributed by atoms with van der Waals surface area (Å²) in [7, 11) is -2.44. The fourth-order valence-corrected chi connectivity index (χ4v) is 1.04. The Labute approximate surface area is 71.9 Å². The summed E-state index contributed by atoms with van der Waals surface area (Å²) in [5.41, 5.74) is 0. The van der Waals surface area contributed by atoms with Gasteiger partial charge in [-0.25, -0.2) is 0 Å². The summed E-state index contributed by atoms with van der Waals surface area (Å²) < 4.78 is 20.2. The van der Waals surface area contributed by atoms with Crippen LogP contribution in [0.25, 0.3) is 0 Å². The van der Waals surface area contributed by atoms with Crippen molar-refractivity contribution >= 4 is 21.6 Å². The molecule has 0 heterocycles. The van der Waals surface area contributed by atoms with Crippen molar-refractivity contribution < 1.29 is 18.3 Å². The van der Waals surface area contributed by atoms with E-state index in [1.807, 2.05) is 6.92 Å². The number of rotatable bonds is 5. The summed E-state index contributed by atoms with van der Waals surface area (Å²) in [6.45, 7) is 2.34. The summed E-state index contributed by atoms with van der Waals surface area (Å²) >= 11 is 0. The molecule has 0 rings (SSSR count). The molecule has 0 saturated heterocycles. The van der Waals surface area contributed by atoms with Crippen LogP contribution in [0.5, 0.6) is 0 Å². The molecule has 6 heteroatoms. The van der Waals surface area contributed by atoms with Gasteiger partial charge in [0.05, 0.1) is 5.37 Å². The predicted molar refractivity (Wildman–Crippen MR) is 44.7 cm³/mol. The fraction of sp³-hybridized carbons (Fsp3) is 0.667. The molecule has 0 radical (unpaired) electrons. The Morgan fingerprint density at radius 2 is 2.25 bits per heavy atom. The molecule has 0 aromatic carbocycles. The Bertz CT molecular complexity index is 261. The molecule has 0 bridgehead atoms. The molecule has 0 aliphatic heterocycles. The standard InChI is InChI=1S/C6H11NO4S/c1-2-3-7-5(6(8)9)4-12(10)11/h4-5,7H,2-3H2,1H3,(H,8,9)/t5-/m0/s1. The second-order valence-corrected chi connectivity index (χ2v) is 2.96. The summed E-state index contributed by atoms with van der Waals surface area (Å²) in [5, 5.41) is 11.8. The van der Waals surface area contributed by atoms with E-state index in [-0.39, 0.29) is 0 Å². The highest BCUT2D eigenvalue weighted by atomic mass is 32.2. The number of carbonyl (C=O) groups is 1. The highest BCUT2D eigenvalue weighted by molar-refractivity contribution is 7.71. The number of nitrogens with one attached hydrogen (secondary N) is 1. The van der Waals surface area contributed by atoms with Crippen molar-refractivity contribution in [3.05, 3.63) is 0 Å². The van der Waals surface area contributed by atoms with Crippen molar-refractivity contribution in [3.8, 4) is 0 Å². The minimum Gasteiger partial charge on any atom is -0.480 e. The van der Waals surface area contributed by atoms with E-state index in [1.165, 1.54) is 0 Å². The monoisotopic (exact) mass is 193 g/mol. The lowest BCUT2D eigenvalue weighted by molar-refractivity contribution is -0.137. The molecule has 1 atom stereocenters. The summed E-state index contributed by atoms with van der Waals surface area (Å²) in [4.78, 5) is 10.4. The lowest BCUT2D eigenvalue weighted by Gasteiger charge is -2.05. The van der Waals surface area contributed by atoms with Crippen molar-refractivity contribution in [1.82, 2.24) is 5.32 Å². The minimum absolute atomic E-state index is 0.477. The zero-order valence-electron chi connectivity index (χ0n) is 6.65. The number of carboxylic acid groups (broad SMARTS) is 1. The van der Waals surface area contributed by atoms with Crippen molar-refractivity contribution in [3.63, 3.8) is 0 Å². The first kappa shape index (κ1) is 11.1. The van der Waals surface area contributed by atoms with E-state index in [2.05, 4.69) is 5.32 Å². The second kappa shape index (κ2) is 5.73. The van der Waals surface area contributed by atoms with E-state index in [4.69, 9.17) is 5.11 Å². The van der Waals surface area contributed by atoms with E-state index >= 15 is 0 Å². The van der Waals surface area contributed by atoms with Gasteiger partial charge in [0.25, 0.3) is 0 Å². The van der Waals surface area contributed by atoms with Crippen LogP contribution in [0.3, 0.4) is 0 Å². The number of hydrogen-bond donors (Lipinski definition) is 2. The summed E-state index contributed by atoms with van der Waals surface area (Å²) in [6, 6.07) is -1.11. The molecule has 12 heavy (non-hydrogen) atoms. The molecule has 5 nitrogen and oxygen atoms in total. The first-order valence-electron chi connectivity index (χ1n) is 3.47. The second-order valence-electron chi connectivity index (χ2n) is 2.17. The molecule has 0 aliphatic rings. The first-order chi connectivity index (χ1) is 5.57. The average molecular weight is 193 g/mol. The quantitative estimate of drug-likeness (QED) is 0.554. The van der Waals surface area contributed by atoms with Crippen LogP contribution >= 0.6 is 0 Å².